The summed E-state index contributed by atoms with van der Waals surface area (Å²) in [6, 6.07) is 13.7. The molecule has 2 heterocycles. The third kappa shape index (κ3) is 11.5. The second kappa shape index (κ2) is 17.7. The number of nitrogens with two attached hydrogens (primary N) is 1. The third-order valence-electron chi connectivity index (χ3n) is 5.56. The summed E-state index contributed by atoms with van der Waals surface area (Å²) in [4.78, 5) is 47.5. The number of hydrogen-bond acceptors (Lipinski definition) is 15. The molecular formula is C28H28Cl2N8O8. The van der Waals surface area contributed by atoms with Gasteiger partial charge in [0.2, 0.25) is 16.4 Å². The molecule has 0 fully saturated rings. The average molecular weight is 675 g/mol. The third-order valence-corrected chi connectivity index (χ3v) is 5.93. The van der Waals surface area contributed by atoms with Crippen molar-refractivity contribution in [3.8, 4) is 11.5 Å². The number of benzene rings is 2. The van der Waals surface area contributed by atoms with Crippen LogP contribution in [0, 0.1) is 10.1 Å². The van der Waals surface area contributed by atoms with Gasteiger partial charge in [-0.05, 0) is 71.7 Å². The van der Waals surface area contributed by atoms with Crippen molar-refractivity contribution in [2.24, 2.45) is 0 Å². The van der Waals surface area contributed by atoms with Gasteiger partial charge in [-0.1, -0.05) is 0 Å². The fraction of sp³-hybridized carbons (Fsp3) is 0.214. The summed E-state index contributed by atoms with van der Waals surface area (Å²) in [5.41, 5.74) is 7.17. The fourth-order valence-corrected chi connectivity index (χ4v) is 3.57. The number of ether oxygens (including phenoxy) is 4. The number of esters is 2. The molecule has 0 atom stereocenters. The quantitative estimate of drug-likeness (QED) is 0.0725. The van der Waals surface area contributed by atoms with Crippen molar-refractivity contribution in [3.05, 3.63) is 81.6 Å². The molecular weight excluding hydrogens is 647 g/mol. The minimum atomic E-state index is -0.608. The number of anilines is 5. The lowest BCUT2D eigenvalue weighted by atomic mass is 10.3. The van der Waals surface area contributed by atoms with Crippen molar-refractivity contribution >= 4 is 69.5 Å². The zero-order chi connectivity index (χ0) is 33.5. The molecule has 0 amide bonds. The zero-order valence-electron chi connectivity index (χ0n) is 24.4. The van der Waals surface area contributed by atoms with Crippen LogP contribution in [0.1, 0.15) is 12.8 Å². The number of nitro groups is 1. The molecule has 46 heavy (non-hydrogen) atoms. The lowest BCUT2D eigenvalue weighted by Gasteiger charge is -2.09. The first kappa shape index (κ1) is 35.0. The Labute approximate surface area is 272 Å². The van der Waals surface area contributed by atoms with Crippen LogP contribution in [0.15, 0.2) is 60.9 Å². The monoisotopic (exact) mass is 674 g/mol. The van der Waals surface area contributed by atoms with E-state index >= 15 is 0 Å². The van der Waals surface area contributed by atoms with E-state index in [1.54, 1.807) is 48.5 Å². The molecule has 4 aromatic rings. The fourth-order valence-electron chi connectivity index (χ4n) is 3.30. The molecule has 0 aliphatic carbocycles. The second-order valence-corrected chi connectivity index (χ2v) is 9.40. The molecule has 242 valence electrons. The van der Waals surface area contributed by atoms with Gasteiger partial charge in [0.15, 0.2) is 5.82 Å². The van der Waals surface area contributed by atoms with E-state index in [1.807, 2.05) is 0 Å². The standard InChI is InChI=1S/C14H13ClN4O5.C14H15ClN4O3/c1-23-12(20)6-7-24-10-4-2-9(3-5-10)17-13-11(19(21)22)8-16-14(15)18-13;1-21-12(20)6-7-22-10-4-2-9(3-5-10)18-13-11(16)8-17-14(15)19-13/h2-5,8H,6-7H2,1H3,(H,16,17,18);2-5,8H,6-7,16H2,1H3,(H,17,18,19). The van der Waals surface area contributed by atoms with Crippen LogP contribution in [-0.2, 0) is 19.1 Å². The van der Waals surface area contributed by atoms with E-state index in [4.69, 9.17) is 38.4 Å². The maximum atomic E-state index is 11.0. The number of nitrogens with zero attached hydrogens (tertiary/aromatic N) is 5. The van der Waals surface area contributed by atoms with E-state index < -0.39 is 4.92 Å². The van der Waals surface area contributed by atoms with Crippen molar-refractivity contribution in [3.63, 3.8) is 0 Å². The summed E-state index contributed by atoms with van der Waals surface area (Å²) in [5, 5.41) is 16.8. The van der Waals surface area contributed by atoms with Gasteiger partial charge in [0.1, 0.15) is 17.7 Å². The number of methoxy groups -OCH3 is 2. The number of halogens is 2. The van der Waals surface area contributed by atoms with Crippen molar-refractivity contribution in [1.29, 1.82) is 0 Å². The zero-order valence-corrected chi connectivity index (χ0v) is 25.9. The largest absolute Gasteiger partial charge is 0.493 e. The van der Waals surface area contributed by atoms with Crippen molar-refractivity contribution in [2.45, 2.75) is 12.8 Å². The SMILES string of the molecule is COC(=O)CCOc1ccc(Nc2nc(Cl)ncc2N)cc1.COC(=O)CCOc1ccc(Nc2nc(Cl)ncc2[N+](=O)[O-])cc1. The second-order valence-electron chi connectivity index (χ2n) is 8.72. The van der Waals surface area contributed by atoms with Crippen LogP contribution in [0.4, 0.5) is 34.4 Å². The van der Waals surface area contributed by atoms with E-state index in [0.717, 1.165) is 11.9 Å². The predicted octanol–water partition coefficient (Wildman–Crippen LogP) is 5.12. The topological polar surface area (TPSA) is 216 Å². The maximum absolute atomic E-state index is 11.0. The first-order valence-corrected chi connectivity index (χ1v) is 13.9. The van der Waals surface area contributed by atoms with Gasteiger partial charge in [0, 0.05) is 11.4 Å². The number of rotatable bonds is 13. The van der Waals surface area contributed by atoms with Crippen molar-refractivity contribution < 1.29 is 33.5 Å². The minimum Gasteiger partial charge on any atom is -0.493 e. The van der Waals surface area contributed by atoms with Gasteiger partial charge in [-0.2, -0.15) is 9.97 Å². The molecule has 2 aromatic carbocycles. The molecule has 0 aliphatic rings. The smallest absolute Gasteiger partial charge is 0.329 e. The Morgan fingerprint density at radius 3 is 1.67 bits per heavy atom. The molecule has 0 bridgehead atoms. The number of hydrogen-bond donors (Lipinski definition) is 3. The van der Waals surface area contributed by atoms with Gasteiger partial charge in [-0.25, -0.2) is 9.97 Å². The molecule has 0 saturated carbocycles. The number of nitrogen functional groups attached to an aromatic ring is 1. The predicted molar refractivity (Wildman–Crippen MR) is 169 cm³/mol. The van der Waals surface area contributed by atoms with Gasteiger partial charge in [-0.15, -0.1) is 0 Å². The Balaban J connectivity index is 0.000000251. The van der Waals surface area contributed by atoms with E-state index in [2.05, 4.69) is 40.0 Å². The Morgan fingerprint density at radius 1 is 0.783 bits per heavy atom. The summed E-state index contributed by atoms with van der Waals surface area (Å²) >= 11 is 11.4. The molecule has 0 radical (unpaired) electrons. The summed E-state index contributed by atoms with van der Waals surface area (Å²) in [7, 11) is 2.65. The summed E-state index contributed by atoms with van der Waals surface area (Å²) in [5.74, 6) is 0.928. The normalized spacial score (nSPS) is 10.1. The number of carbonyl (C=O) groups is 2. The average Bonchev–Trinajstić information content (AvgIpc) is 3.04. The summed E-state index contributed by atoms with van der Waals surface area (Å²) in [6.07, 6.45) is 2.80. The minimum absolute atomic E-state index is 0.0145. The van der Waals surface area contributed by atoms with Crippen molar-refractivity contribution in [1.82, 2.24) is 19.9 Å². The van der Waals surface area contributed by atoms with Crippen LogP contribution < -0.4 is 25.8 Å². The van der Waals surface area contributed by atoms with Crippen LogP contribution in [-0.4, -0.2) is 64.2 Å². The van der Waals surface area contributed by atoms with Gasteiger partial charge >= 0.3 is 17.6 Å². The van der Waals surface area contributed by atoms with Crippen LogP contribution in [0.25, 0.3) is 0 Å². The molecule has 4 N–H and O–H groups in total. The first-order chi connectivity index (χ1) is 22.1. The van der Waals surface area contributed by atoms with E-state index in [-0.39, 0.29) is 60.1 Å². The molecule has 18 heteroatoms. The lowest BCUT2D eigenvalue weighted by molar-refractivity contribution is -0.384. The number of nitrogens with one attached hydrogen (secondary N) is 2. The molecule has 0 unspecified atom stereocenters. The van der Waals surface area contributed by atoms with Gasteiger partial charge in [0.05, 0.1) is 57.1 Å². The van der Waals surface area contributed by atoms with Crippen LogP contribution in [0.2, 0.25) is 10.6 Å². The molecule has 2 aromatic heterocycles. The Morgan fingerprint density at radius 2 is 1.22 bits per heavy atom. The molecule has 16 nitrogen and oxygen atoms in total. The van der Waals surface area contributed by atoms with Gasteiger partial charge in [0.25, 0.3) is 0 Å². The number of aromatic nitrogens is 4. The molecule has 0 saturated heterocycles. The first-order valence-electron chi connectivity index (χ1n) is 13.2. The van der Waals surface area contributed by atoms with E-state index in [9.17, 15) is 19.7 Å². The Hall–Kier alpha value is -5.48. The maximum Gasteiger partial charge on any atom is 0.329 e. The van der Waals surface area contributed by atoms with Gasteiger partial charge < -0.3 is 35.3 Å². The number of carbonyl (C=O) groups excluding carboxylic acids is 2. The summed E-state index contributed by atoms with van der Waals surface area (Å²) in [6.45, 7) is 0.445. The highest BCUT2D eigenvalue weighted by Gasteiger charge is 2.17. The Bertz CT molecular complexity index is 1630. The molecule has 0 spiro atoms. The summed E-state index contributed by atoms with van der Waals surface area (Å²) < 4.78 is 19.8. The molecule has 4 rings (SSSR count). The Kier molecular flexibility index (Phi) is 13.5. The van der Waals surface area contributed by atoms with Gasteiger partial charge in [-0.3, -0.25) is 19.7 Å². The van der Waals surface area contributed by atoms with Crippen LogP contribution in [0.5, 0.6) is 11.5 Å². The van der Waals surface area contributed by atoms with E-state index in [0.29, 0.717) is 28.7 Å². The highest BCUT2D eigenvalue weighted by molar-refractivity contribution is 6.28. The van der Waals surface area contributed by atoms with Crippen molar-refractivity contribution in [2.75, 3.05) is 43.8 Å². The van der Waals surface area contributed by atoms with E-state index in [1.165, 1.54) is 20.4 Å². The molecule has 0 aliphatic heterocycles. The highest BCUT2D eigenvalue weighted by atomic mass is 35.5. The van der Waals surface area contributed by atoms with Crippen LogP contribution >= 0.6 is 23.2 Å². The lowest BCUT2D eigenvalue weighted by Crippen LogP contribution is -2.07. The van der Waals surface area contributed by atoms with Crippen LogP contribution in [0.3, 0.4) is 0 Å². The highest BCUT2D eigenvalue weighted by Crippen LogP contribution is 2.27.